The highest BCUT2D eigenvalue weighted by atomic mass is 127. The Morgan fingerprint density at radius 1 is 1.31 bits per heavy atom. The van der Waals surface area contributed by atoms with Crippen molar-refractivity contribution in [3.05, 3.63) is 46.7 Å². The minimum atomic E-state index is 0. The number of nitrogens with one attached hydrogen (secondary N) is 1. The molecule has 1 saturated heterocycles. The lowest BCUT2D eigenvalue weighted by molar-refractivity contribution is -0.120. The summed E-state index contributed by atoms with van der Waals surface area (Å²) >= 11 is 3.49. The molecule has 0 radical (unpaired) electrons. The number of carbonyl (C=O) groups excluding carboxylic acids is 1. The number of hydrogen-bond acceptors (Lipinski definition) is 3. The molecular formula is C20H26BrIN6O. The van der Waals surface area contributed by atoms with Gasteiger partial charge in [-0.1, -0.05) is 28.1 Å². The fraction of sp³-hybridized carbons (Fsp3) is 0.450. The zero-order valence-corrected chi connectivity index (χ0v) is 20.5. The van der Waals surface area contributed by atoms with Crippen LogP contribution in [0.2, 0.25) is 0 Å². The Labute approximate surface area is 196 Å². The molecule has 0 bridgehead atoms. The summed E-state index contributed by atoms with van der Waals surface area (Å²) in [7, 11) is 1.86. The zero-order chi connectivity index (χ0) is 19.7. The van der Waals surface area contributed by atoms with Gasteiger partial charge in [0.25, 0.3) is 0 Å². The van der Waals surface area contributed by atoms with Gasteiger partial charge in [-0.3, -0.25) is 14.5 Å². The van der Waals surface area contributed by atoms with Gasteiger partial charge in [0.05, 0.1) is 11.9 Å². The van der Waals surface area contributed by atoms with Gasteiger partial charge in [-0.2, -0.15) is 5.10 Å². The van der Waals surface area contributed by atoms with Crippen molar-refractivity contribution in [3.8, 4) is 0 Å². The van der Waals surface area contributed by atoms with E-state index in [4.69, 9.17) is 0 Å². The fourth-order valence-electron chi connectivity index (χ4n) is 3.66. The van der Waals surface area contributed by atoms with Crippen molar-refractivity contribution in [1.29, 1.82) is 0 Å². The molecule has 1 aliphatic heterocycles. The minimum absolute atomic E-state index is 0. The van der Waals surface area contributed by atoms with E-state index in [1.165, 1.54) is 5.56 Å². The van der Waals surface area contributed by atoms with Crippen LogP contribution in [0.4, 0.5) is 5.69 Å². The Balaban J connectivity index is 0.00000240. The highest BCUT2D eigenvalue weighted by Crippen LogP contribution is 2.41. The van der Waals surface area contributed by atoms with E-state index >= 15 is 0 Å². The summed E-state index contributed by atoms with van der Waals surface area (Å²) in [6.45, 7) is 4.43. The van der Waals surface area contributed by atoms with Crippen LogP contribution in [0, 0.1) is 0 Å². The topological polar surface area (TPSA) is 65.8 Å². The molecule has 9 heteroatoms. The molecule has 1 aromatic heterocycles. The number of benzene rings is 1. The highest BCUT2D eigenvalue weighted by Gasteiger charge is 2.40. The van der Waals surface area contributed by atoms with Crippen LogP contribution in [0.1, 0.15) is 24.8 Å². The van der Waals surface area contributed by atoms with E-state index in [9.17, 15) is 4.79 Å². The van der Waals surface area contributed by atoms with E-state index in [-0.39, 0.29) is 29.9 Å². The molecule has 1 aliphatic carbocycles. The van der Waals surface area contributed by atoms with Crippen LogP contribution in [0.15, 0.2) is 46.1 Å². The number of amides is 1. The lowest BCUT2D eigenvalue weighted by Crippen LogP contribution is -2.55. The Kier molecular flexibility index (Phi) is 7.20. The summed E-state index contributed by atoms with van der Waals surface area (Å²) in [5, 5.41) is 7.75. The maximum absolute atomic E-state index is 12.7. The van der Waals surface area contributed by atoms with Crippen LogP contribution in [-0.2, 0) is 11.8 Å². The first-order valence-electron chi connectivity index (χ1n) is 9.65. The monoisotopic (exact) mass is 572 g/mol. The number of piperazine rings is 1. The van der Waals surface area contributed by atoms with Crippen molar-refractivity contribution < 1.29 is 4.79 Å². The first-order chi connectivity index (χ1) is 13.5. The second-order valence-electron chi connectivity index (χ2n) is 7.28. The van der Waals surface area contributed by atoms with Crippen LogP contribution >= 0.6 is 39.9 Å². The summed E-state index contributed by atoms with van der Waals surface area (Å²) in [4.78, 5) is 21.2. The molecule has 1 aromatic carbocycles. The number of nitrogens with zero attached hydrogens (tertiary/aromatic N) is 5. The number of aliphatic imine (C=N–C) groups is 1. The van der Waals surface area contributed by atoms with Gasteiger partial charge in [0.1, 0.15) is 6.54 Å². The molecular weight excluding hydrogens is 547 g/mol. The Morgan fingerprint density at radius 3 is 2.69 bits per heavy atom. The number of rotatable bonds is 4. The van der Waals surface area contributed by atoms with Gasteiger partial charge in [-0.15, -0.1) is 24.0 Å². The number of aromatic nitrogens is 2. The highest BCUT2D eigenvalue weighted by molar-refractivity contribution is 14.0. The molecule has 1 saturated carbocycles. The van der Waals surface area contributed by atoms with Gasteiger partial charge in [-0.25, -0.2) is 0 Å². The van der Waals surface area contributed by atoms with E-state index in [1.807, 2.05) is 20.2 Å². The lowest BCUT2D eigenvalue weighted by Gasteiger charge is -2.35. The molecule has 2 unspecified atom stereocenters. The Hall–Kier alpha value is -1.62. The van der Waals surface area contributed by atoms with Gasteiger partial charge in [-0.05, 0) is 31.0 Å². The second kappa shape index (κ2) is 9.46. The van der Waals surface area contributed by atoms with Gasteiger partial charge < -0.3 is 15.1 Å². The SMILES string of the molecule is CCN=C(NC1CC1c1ccc(Br)cc1)N1CCN(c2cnn(C)c2)C(=O)C1.I. The lowest BCUT2D eigenvalue weighted by atomic mass is 10.1. The van der Waals surface area contributed by atoms with Crippen molar-refractivity contribution in [3.63, 3.8) is 0 Å². The third-order valence-corrected chi connectivity index (χ3v) is 5.76. The molecule has 2 atom stereocenters. The summed E-state index contributed by atoms with van der Waals surface area (Å²) in [5.74, 6) is 1.42. The summed E-state index contributed by atoms with van der Waals surface area (Å²) in [6, 6.07) is 8.88. The van der Waals surface area contributed by atoms with Crippen LogP contribution in [-0.4, -0.2) is 58.8 Å². The normalized spacial score (nSPS) is 21.8. The van der Waals surface area contributed by atoms with E-state index < -0.39 is 0 Å². The first kappa shape index (κ1) is 22.1. The largest absolute Gasteiger partial charge is 0.353 e. The molecule has 7 nitrogen and oxygen atoms in total. The molecule has 2 aliphatic rings. The predicted octanol–water partition coefficient (Wildman–Crippen LogP) is 2.97. The molecule has 1 amide bonds. The van der Waals surface area contributed by atoms with Crippen molar-refractivity contribution in [2.75, 3.05) is 31.1 Å². The van der Waals surface area contributed by atoms with Crippen molar-refractivity contribution in [1.82, 2.24) is 20.0 Å². The van der Waals surface area contributed by atoms with Crippen LogP contribution in [0.5, 0.6) is 0 Å². The molecule has 2 heterocycles. The first-order valence-corrected chi connectivity index (χ1v) is 10.4. The van der Waals surface area contributed by atoms with Crippen LogP contribution in [0.3, 0.4) is 0 Å². The van der Waals surface area contributed by atoms with Crippen LogP contribution in [0.25, 0.3) is 0 Å². The van der Waals surface area contributed by atoms with E-state index in [0.717, 1.165) is 29.1 Å². The number of aryl methyl sites for hydroxylation is 1. The van der Waals surface area contributed by atoms with Gasteiger partial charge in [0.15, 0.2) is 5.96 Å². The number of carbonyl (C=O) groups is 1. The third kappa shape index (κ3) is 5.11. The van der Waals surface area contributed by atoms with E-state index in [1.54, 1.807) is 15.8 Å². The summed E-state index contributed by atoms with van der Waals surface area (Å²) in [6.07, 6.45) is 4.70. The molecule has 29 heavy (non-hydrogen) atoms. The quantitative estimate of drug-likeness (QED) is 0.347. The minimum Gasteiger partial charge on any atom is -0.353 e. The summed E-state index contributed by atoms with van der Waals surface area (Å²) in [5.41, 5.74) is 2.20. The van der Waals surface area contributed by atoms with Crippen molar-refractivity contribution in [2.24, 2.45) is 12.0 Å². The Morgan fingerprint density at radius 2 is 2.07 bits per heavy atom. The van der Waals surface area contributed by atoms with E-state index in [0.29, 0.717) is 31.6 Å². The maximum atomic E-state index is 12.7. The fourth-order valence-corrected chi connectivity index (χ4v) is 3.92. The predicted molar refractivity (Wildman–Crippen MR) is 129 cm³/mol. The zero-order valence-electron chi connectivity index (χ0n) is 16.6. The average molecular weight is 573 g/mol. The number of anilines is 1. The Bertz CT molecular complexity index is 883. The smallest absolute Gasteiger partial charge is 0.246 e. The second-order valence-corrected chi connectivity index (χ2v) is 8.20. The molecule has 2 fully saturated rings. The van der Waals surface area contributed by atoms with Crippen molar-refractivity contribution >= 4 is 57.5 Å². The molecule has 1 N–H and O–H groups in total. The van der Waals surface area contributed by atoms with Gasteiger partial charge in [0, 0.05) is 49.3 Å². The summed E-state index contributed by atoms with van der Waals surface area (Å²) < 4.78 is 2.82. The standard InChI is InChI=1S/C20H25BrN6O.HI/c1-3-22-20(24-18-10-17(18)14-4-6-15(21)7-5-14)26-8-9-27(19(28)13-26)16-11-23-25(2)12-16;/h4-7,11-12,17-18H,3,8-10,13H2,1-2H3,(H,22,24);1H. The van der Waals surface area contributed by atoms with E-state index in [2.05, 4.69) is 60.5 Å². The third-order valence-electron chi connectivity index (χ3n) is 5.23. The maximum Gasteiger partial charge on any atom is 0.246 e. The number of halogens is 2. The number of hydrogen-bond donors (Lipinski definition) is 1. The van der Waals surface area contributed by atoms with Gasteiger partial charge in [0.2, 0.25) is 5.91 Å². The molecule has 156 valence electrons. The van der Waals surface area contributed by atoms with Crippen molar-refractivity contribution in [2.45, 2.75) is 25.3 Å². The van der Waals surface area contributed by atoms with Crippen LogP contribution < -0.4 is 10.2 Å². The molecule has 0 spiro atoms. The molecule has 2 aromatic rings. The van der Waals surface area contributed by atoms with Gasteiger partial charge >= 0.3 is 0 Å². The number of guanidine groups is 1. The average Bonchev–Trinajstić information content (AvgIpc) is 3.31. The molecule has 4 rings (SSSR count).